The zero-order valence-corrected chi connectivity index (χ0v) is 13.5. The maximum absolute atomic E-state index is 12.6. The molecule has 3 aromatic heterocycles. The summed E-state index contributed by atoms with van der Waals surface area (Å²) in [4.78, 5) is 11.8. The average molecular weight is 353 g/mol. The number of imidazole rings is 1. The van der Waals surface area contributed by atoms with Crippen LogP contribution in [0.1, 0.15) is 44.2 Å². The Morgan fingerprint density at radius 2 is 2.20 bits per heavy atom. The highest BCUT2D eigenvalue weighted by Crippen LogP contribution is 2.38. The van der Waals surface area contributed by atoms with Crippen LogP contribution in [0.3, 0.4) is 0 Å². The van der Waals surface area contributed by atoms with Gasteiger partial charge in [0.2, 0.25) is 0 Å². The van der Waals surface area contributed by atoms with E-state index in [2.05, 4.69) is 15.0 Å². The zero-order chi connectivity index (χ0) is 17.8. The number of alkyl halides is 3. The Hall–Kier alpha value is -2.13. The first-order valence-electron chi connectivity index (χ1n) is 8.20. The first-order chi connectivity index (χ1) is 11.8. The van der Waals surface area contributed by atoms with Crippen molar-refractivity contribution in [3.8, 4) is 0 Å². The molecule has 1 saturated carbocycles. The number of pyridine rings is 1. The molecule has 3 heterocycles. The molecule has 1 aliphatic rings. The number of aromatic amines is 1. The number of aliphatic hydroxyl groups excluding tert-OH is 1. The van der Waals surface area contributed by atoms with Crippen molar-refractivity contribution in [1.29, 1.82) is 0 Å². The van der Waals surface area contributed by atoms with Crippen molar-refractivity contribution in [1.82, 2.24) is 24.8 Å². The summed E-state index contributed by atoms with van der Waals surface area (Å²) in [6.45, 7) is 1.61. The summed E-state index contributed by atoms with van der Waals surface area (Å²) in [7, 11) is 0. The molecule has 3 atom stereocenters. The number of rotatable bonds is 3. The van der Waals surface area contributed by atoms with Gasteiger partial charge in [0.15, 0.2) is 0 Å². The number of aromatic nitrogens is 4. The fourth-order valence-corrected chi connectivity index (χ4v) is 3.83. The van der Waals surface area contributed by atoms with Gasteiger partial charge in [0.05, 0.1) is 11.7 Å². The number of nitrogens with one attached hydrogen (secondary N) is 2. The van der Waals surface area contributed by atoms with Crippen molar-refractivity contribution in [2.24, 2.45) is 0 Å². The predicted octanol–water partition coefficient (Wildman–Crippen LogP) is 3.17. The summed E-state index contributed by atoms with van der Waals surface area (Å²) in [5.41, 5.74) is 2.13. The number of halogens is 3. The molecule has 0 radical (unpaired) electrons. The highest BCUT2D eigenvalue weighted by atomic mass is 19.4. The monoisotopic (exact) mass is 353 g/mol. The maximum Gasteiger partial charge on any atom is 0.457 e. The van der Waals surface area contributed by atoms with Crippen LogP contribution in [0.5, 0.6) is 0 Å². The Kier molecular flexibility index (Phi) is 3.73. The number of aliphatic hydroxyl groups is 1. The topological polar surface area (TPSA) is 78.8 Å². The molecule has 0 aromatic carbocycles. The Balaban J connectivity index is 1.80. The molecule has 4 rings (SSSR count). The van der Waals surface area contributed by atoms with Gasteiger partial charge in [-0.3, -0.25) is 0 Å². The second kappa shape index (κ2) is 5.70. The number of nitrogens with zero attached hydrogens (tertiary/aromatic N) is 3. The number of hydrogen-bond donors (Lipinski definition) is 3. The zero-order valence-electron chi connectivity index (χ0n) is 13.5. The van der Waals surface area contributed by atoms with E-state index in [9.17, 15) is 18.3 Å². The lowest BCUT2D eigenvalue weighted by Crippen LogP contribution is -2.39. The second-order valence-electron chi connectivity index (χ2n) is 6.55. The molecule has 0 saturated heterocycles. The summed E-state index contributed by atoms with van der Waals surface area (Å²) < 4.78 is 39.8. The van der Waals surface area contributed by atoms with Crippen LogP contribution >= 0.6 is 0 Å². The smallest absolute Gasteiger partial charge is 0.385 e. The first kappa shape index (κ1) is 16.3. The summed E-state index contributed by atoms with van der Waals surface area (Å²) >= 11 is 0. The van der Waals surface area contributed by atoms with Crippen LogP contribution in [-0.2, 0) is 0 Å². The first-order valence-corrected chi connectivity index (χ1v) is 8.20. The van der Waals surface area contributed by atoms with Gasteiger partial charge in [-0.25, -0.2) is 15.3 Å². The molecule has 0 spiro atoms. The van der Waals surface area contributed by atoms with Crippen LogP contribution in [0, 0.1) is 0 Å². The Labute approximate surface area is 141 Å². The average Bonchev–Trinajstić information content (AvgIpc) is 3.20. The Morgan fingerprint density at radius 3 is 2.92 bits per heavy atom. The molecule has 25 heavy (non-hydrogen) atoms. The maximum atomic E-state index is 12.6. The van der Waals surface area contributed by atoms with Crippen LogP contribution in [-0.4, -0.2) is 37.0 Å². The van der Waals surface area contributed by atoms with Gasteiger partial charge in [0.25, 0.3) is 0 Å². The molecule has 3 N–H and O–H groups in total. The van der Waals surface area contributed by atoms with Gasteiger partial charge in [0.1, 0.15) is 23.1 Å². The predicted molar refractivity (Wildman–Crippen MR) is 85.9 cm³/mol. The molecule has 6 nitrogen and oxygen atoms in total. The lowest BCUT2D eigenvalue weighted by molar-refractivity contribution is -0.163. The van der Waals surface area contributed by atoms with E-state index >= 15 is 0 Å². The van der Waals surface area contributed by atoms with Gasteiger partial charge in [-0.1, -0.05) is 0 Å². The minimum atomic E-state index is -4.39. The van der Waals surface area contributed by atoms with Crippen LogP contribution < -0.4 is 5.32 Å². The third kappa shape index (κ3) is 2.87. The molecular weight excluding hydrogens is 335 g/mol. The molecule has 1 fully saturated rings. The van der Waals surface area contributed by atoms with E-state index in [4.69, 9.17) is 0 Å². The van der Waals surface area contributed by atoms with E-state index in [1.165, 1.54) is 0 Å². The van der Waals surface area contributed by atoms with Crippen molar-refractivity contribution in [3.05, 3.63) is 24.3 Å². The van der Waals surface area contributed by atoms with Gasteiger partial charge < -0.3 is 14.7 Å². The highest BCUT2D eigenvalue weighted by molar-refractivity contribution is 6.01. The van der Waals surface area contributed by atoms with E-state index in [0.717, 1.165) is 10.9 Å². The minimum absolute atomic E-state index is 0.157. The van der Waals surface area contributed by atoms with E-state index in [-0.39, 0.29) is 6.04 Å². The number of H-pyrrole nitrogens is 1. The van der Waals surface area contributed by atoms with Crippen LogP contribution in [0.25, 0.3) is 22.1 Å². The van der Waals surface area contributed by atoms with E-state index in [0.29, 0.717) is 36.3 Å². The minimum Gasteiger partial charge on any atom is -0.385 e. The fourth-order valence-electron chi connectivity index (χ4n) is 3.83. The van der Waals surface area contributed by atoms with E-state index in [1.807, 2.05) is 10.6 Å². The van der Waals surface area contributed by atoms with E-state index < -0.39 is 18.4 Å². The third-order valence-electron chi connectivity index (χ3n) is 4.77. The van der Waals surface area contributed by atoms with Gasteiger partial charge >= 0.3 is 6.30 Å². The van der Waals surface area contributed by atoms with Crippen molar-refractivity contribution in [3.63, 3.8) is 0 Å². The summed E-state index contributed by atoms with van der Waals surface area (Å²) in [6.07, 6.45) is -0.482. The number of fused-ring (bicyclic) bond motifs is 3. The Morgan fingerprint density at radius 1 is 1.40 bits per heavy atom. The van der Waals surface area contributed by atoms with Crippen molar-refractivity contribution >= 4 is 22.1 Å². The SMILES string of the molecule is C[C@@H](O)c1nc2cnc3[nH]ccc3c2n1[C@H]1CC[C@@H](NC(F)(F)F)C1. The molecular formula is C16H18F3N5O. The standard InChI is InChI=1S/C16H18F3N5O/c1-8(25)15-22-12-7-21-14-11(4-5-20-14)13(12)24(15)10-3-2-9(6-10)23-16(17,18)19/h4-5,7-10,23,25H,2-3,6H2,1H3,(H,20,21)/t8-,9-,10+/m1/s1. The fraction of sp³-hybridized carbons (Fsp3) is 0.500. The molecule has 3 aromatic rings. The highest BCUT2D eigenvalue weighted by Gasteiger charge is 2.37. The van der Waals surface area contributed by atoms with Gasteiger partial charge in [-0.05, 0) is 32.3 Å². The van der Waals surface area contributed by atoms with Crippen molar-refractivity contribution < 1.29 is 18.3 Å². The lowest BCUT2D eigenvalue weighted by Gasteiger charge is -2.19. The van der Waals surface area contributed by atoms with Gasteiger partial charge in [0, 0.05) is 23.7 Å². The quantitative estimate of drug-likeness (QED) is 0.632. The molecule has 0 bridgehead atoms. The molecule has 9 heteroatoms. The lowest BCUT2D eigenvalue weighted by atomic mass is 10.2. The van der Waals surface area contributed by atoms with Crippen molar-refractivity contribution in [2.75, 3.05) is 0 Å². The van der Waals surface area contributed by atoms with Gasteiger partial charge in [-0.2, -0.15) is 13.2 Å². The third-order valence-corrected chi connectivity index (χ3v) is 4.77. The molecule has 134 valence electrons. The summed E-state index contributed by atoms with van der Waals surface area (Å²) in [5, 5.41) is 12.7. The summed E-state index contributed by atoms with van der Waals surface area (Å²) in [6, 6.07) is 1.08. The largest absolute Gasteiger partial charge is 0.457 e. The van der Waals surface area contributed by atoms with Crippen molar-refractivity contribution in [2.45, 2.75) is 50.7 Å². The van der Waals surface area contributed by atoms with E-state index in [1.54, 1.807) is 24.6 Å². The molecule has 0 unspecified atom stereocenters. The molecule has 0 amide bonds. The second-order valence-corrected chi connectivity index (χ2v) is 6.55. The van der Waals surface area contributed by atoms with Gasteiger partial charge in [-0.15, -0.1) is 0 Å². The number of hydrogen-bond acceptors (Lipinski definition) is 4. The molecule has 0 aliphatic heterocycles. The van der Waals surface area contributed by atoms with Crippen LogP contribution in [0.15, 0.2) is 18.5 Å². The van der Waals surface area contributed by atoms with Crippen LogP contribution in [0.2, 0.25) is 0 Å². The normalized spacial score (nSPS) is 22.9. The molecule has 1 aliphatic carbocycles. The Bertz CT molecular complexity index is 914. The van der Waals surface area contributed by atoms with Crippen LogP contribution in [0.4, 0.5) is 13.2 Å². The summed E-state index contributed by atoms with van der Waals surface area (Å²) in [5.74, 6) is 0.461.